The van der Waals surface area contributed by atoms with Gasteiger partial charge >= 0.3 is 0 Å². The molecule has 1 aromatic rings. The number of ether oxygens (including phenoxy) is 1. The summed E-state index contributed by atoms with van der Waals surface area (Å²) >= 11 is 0. The molecule has 1 aromatic heterocycles. The van der Waals surface area contributed by atoms with Crippen molar-refractivity contribution in [3.05, 3.63) is 11.9 Å². The van der Waals surface area contributed by atoms with E-state index in [-0.39, 0.29) is 0 Å². The second-order valence-corrected chi connectivity index (χ2v) is 5.86. The Hall–Kier alpha value is -1.03. The van der Waals surface area contributed by atoms with Crippen molar-refractivity contribution in [1.29, 1.82) is 0 Å². The van der Waals surface area contributed by atoms with Crippen LogP contribution >= 0.6 is 0 Å². The molecule has 0 spiro atoms. The number of rotatable bonds is 6. The summed E-state index contributed by atoms with van der Waals surface area (Å²) in [6.45, 7) is 6.18. The van der Waals surface area contributed by atoms with Crippen LogP contribution < -0.4 is 5.32 Å². The van der Waals surface area contributed by atoms with Gasteiger partial charge in [-0.15, -0.1) is 0 Å². The first kappa shape index (κ1) is 14.4. The van der Waals surface area contributed by atoms with Crippen molar-refractivity contribution in [2.45, 2.75) is 58.5 Å². The molecular weight excluding hydrogens is 238 g/mol. The standard InChI is InChI=1S/C15H27N3O/c1-12-6-4-7-14(10-12)17-15-16-13(2)11-18(15)8-5-9-19-3/h11-12,14H,4-10H2,1-3H3,(H,16,17). The lowest BCUT2D eigenvalue weighted by Crippen LogP contribution is -2.27. The highest BCUT2D eigenvalue weighted by atomic mass is 16.5. The van der Waals surface area contributed by atoms with Crippen LogP contribution in [0.2, 0.25) is 0 Å². The van der Waals surface area contributed by atoms with Gasteiger partial charge in [-0.25, -0.2) is 4.98 Å². The predicted molar refractivity (Wildman–Crippen MR) is 78.5 cm³/mol. The zero-order chi connectivity index (χ0) is 13.7. The normalized spacial score (nSPS) is 23.5. The van der Waals surface area contributed by atoms with Crippen LogP contribution in [0.5, 0.6) is 0 Å². The highest BCUT2D eigenvalue weighted by Crippen LogP contribution is 2.26. The van der Waals surface area contributed by atoms with Gasteiger partial charge in [0.15, 0.2) is 0 Å². The van der Waals surface area contributed by atoms with E-state index < -0.39 is 0 Å². The van der Waals surface area contributed by atoms with E-state index in [0.29, 0.717) is 6.04 Å². The molecule has 1 fully saturated rings. The Bertz CT molecular complexity index is 389. The van der Waals surface area contributed by atoms with E-state index in [2.05, 4.69) is 34.9 Å². The number of hydrogen-bond acceptors (Lipinski definition) is 3. The molecule has 4 heteroatoms. The fourth-order valence-electron chi connectivity index (χ4n) is 2.96. The van der Waals surface area contributed by atoms with Crippen molar-refractivity contribution in [2.75, 3.05) is 19.0 Å². The van der Waals surface area contributed by atoms with Gasteiger partial charge in [0.05, 0.1) is 5.69 Å². The van der Waals surface area contributed by atoms with Gasteiger partial charge in [-0.3, -0.25) is 0 Å². The van der Waals surface area contributed by atoms with Gasteiger partial charge in [0, 0.05) is 32.5 Å². The van der Waals surface area contributed by atoms with E-state index >= 15 is 0 Å². The van der Waals surface area contributed by atoms with Crippen LogP contribution in [0.15, 0.2) is 6.20 Å². The maximum Gasteiger partial charge on any atom is 0.203 e. The highest BCUT2D eigenvalue weighted by Gasteiger charge is 2.20. The number of aromatic nitrogens is 2. The highest BCUT2D eigenvalue weighted by molar-refractivity contribution is 5.30. The number of nitrogens with one attached hydrogen (secondary N) is 1. The lowest BCUT2D eigenvalue weighted by atomic mass is 9.87. The quantitative estimate of drug-likeness (QED) is 0.803. The molecule has 1 N–H and O–H groups in total. The summed E-state index contributed by atoms with van der Waals surface area (Å²) in [7, 11) is 1.75. The molecule has 0 aromatic carbocycles. The second kappa shape index (κ2) is 6.94. The minimum atomic E-state index is 0.590. The first-order valence-corrected chi connectivity index (χ1v) is 7.48. The maximum atomic E-state index is 5.12. The van der Waals surface area contributed by atoms with E-state index in [0.717, 1.165) is 37.1 Å². The summed E-state index contributed by atoms with van der Waals surface area (Å²) < 4.78 is 7.35. The van der Waals surface area contributed by atoms with E-state index in [4.69, 9.17) is 4.74 Å². The van der Waals surface area contributed by atoms with Crippen molar-refractivity contribution in [3.8, 4) is 0 Å². The molecular formula is C15H27N3O. The Morgan fingerprint density at radius 1 is 1.47 bits per heavy atom. The molecule has 2 rings (SSSR count). The van der Waals surface area contributed by atoms with Gasteiger partial charge in [0.2, 0.25) is 5.95 Å². The molecule has 0 amide bonds. The lowest BCUT2D eigenvalue weighted by molar-refractivity contribution is 0.190. The molecule has 0 radical (unpaired) electrons. The topological polar surface area (TPSA) is 39.1 Å². The zero-order valence-corrected chi connectivity index (χ0v) is 12.5. The number of methoxy groups -OCH3 is 1. The van der Waals surface area contributed by atoms with Crippen LogP contribution in [0.25, 0.3) is 0 Å². The van der Waals surface area contributed by atoms with Crippen LogP contribution in [0, 0.1) is 12.8 Å². The minimum absolute atomic E-state index is 0.590. The molecule has 0 aliphatic heterocycles. The van der Waals surface area contributed by atoms with E-state index in [1.807, 2.05) is 0 Å². The van der Waals surface area contributed by atoms with Crippen molar-refractivity contribution in [3.63, 3.8) is 0 Å². The predicted octanol–water partition coefficient (Wildman–Crippen LogP) is 3.22. The lowest BCUT2D eigenvalue weighted by Gasteiger charge is -2.28. The van der Waals surface area contributed by atoms with Crippen LogP contribution in [0.3, 0.4) is 0 Å². The van der Waals surface area contributed by atoms with Crippen molar-refractivity contribution < 1.29 is 4.74 Å². The third-order valence-electron chi connectivity index (χ3n) is 3.91. The van der Waals surface area contributed by atoms with Gasteiger partial charge in [0.25, 0.3) is 0 Å². The van der Waals surface area contributed by atoms with Gasteiger partial charge < -0.3 is 14.6 Å². The molecule has 19 heavy (non-hydrogen) atoms. The van der Waals surface area contributed by atoms with E-state index in [9.17, 15) is 0 Å². The second-order valence-electron chi connectivity index (χ2n) is 5.86. The number of imidazole rings is 1. The molecule has 4 nitrogen and oxygen atoms in total. The smallest absolute Gasteiger partial charge is 0.203 e. The first-order chi connectivity index (χ1) is 9.19. The van der Waals surface area contributed by atoms with Gasteiger partial charge in [-0.05, 0) is 32.1 Å². The molecule has 1 aliphatic rings. The Morgan fingerprint density at radius 2 is 2.32 bits per heavy atom. The average Bonchev–Trinajstić information content (AvgIpc) is 2.70. The largest absolute Gasteiger partial charge is 0.385 e. The maximum absolute atomic E-state index is 5.12. The molecule has 2 unspecified atom stereocenters. The summed E-state index contributed by atoms with van der Waals surface area (Å²) in [6, 6.07) is 0.590. The molecule has 108 valence electrons. The minimum Gasteiger partial charge on any atom is -0.385 e. The Balaban J connectivity index is 1.94. The molecule has 0 bridgehead atoms. The van der Waals surface area contributed by atoms with Crippen molar-refractivity contribution in [2.24, 2.45) is 5.92 Å². The number of anilines is 1. The number of nitrogens with zero attached hydrogens (tertiary/aromatic N) is 2. The number of aryl methyl sites for hydroxylation is 2. The molecule has 2 atom stereocenters. The summed E-state index contributed by atoms with van der Waals surface area (Å²) in [5.41, 5.74) is 1.09. The fourth-order valence-corrected chi connectivity index (χ4v) is 2.96. The number of hydrogen-bond donors (Lipinski definition) is 1. The van der Waals surface area contributed by atoms with E-state index in [1.165, 1.54) is 25.7 Å². The molecule has 1 aliphatic carbocycles. The summed E-state index contributed by atoms with van der Waals surface area (Å²) in [5.74, 6) is 1.87. The molecule has 0 saturated heterocycles. The zero-order valence-electron chi connectivity index (χ0n) is 12.5. The van der Waals surface area contributed by atoms with Gasteiger partial charge in [0.1, 0.15) is 0 Å². The molecule has 1 heterocycles. The van der Waals surface area contributed by atoms with Gasteiger partial charge in [-0.1, -0.05) is 19.8 Å². The third-order valence-corrected chi connectivity index (χ3v) is 3.91. The fraction of sp³-hybridized carbons (Fsp3) is 0.800. The van der Waals surface area contributed by atoms with Gasteiger partial charge in [-0.2, -0.15) is 0 Å². The van der Waals surface area contributed by atoms with Crippen molar-refractivity contribution >= 4 is 5.95 Å². The van der Waals surface area contributed by atoms with E-state index in [1.54, 1.807) is 7.11 Å². The van der Waals surface area contributed by atoms with Crippen LogP contribution in [-0.4, -0.2) is 29.3 Å². The Kier molecular flexibility index (Phi) is 5.25. The SMILES string of the molecule is COCCCn1cc(C)nc1NC1CCCC(C)C1. The van der Waals surface area contributed by atoms with Crippen LogP contribution in [-0.2, 0) is 11.3 Å². The summed E-state index contributed by atoms with van der Waals surface area (Å²) in [5, 5.41) is 3.64. The third kappa shape index (κ3) is 4.23. The van der Waals surface area contributed by atoms with Crippen molar-refractivity contribution in [1.82, 2.24) is 9.55 Å². The molecule has 1 saturated carbocycles. The van der Waals surface area contributed by atoms with Crippen LogP contribution in [0.1, 0.15) is 44.7 Å². The average molecular weight is 265 g/mol. The monoisotopic (exact) mass is 265 g/mol. The van der Waals surface area contributed by atoms with Crippen LogP contribution in [0.4, 0.5) is 5.95 Å². The Labute approximate surface area is 116 Å². The Morgan fingerprint density at radius 3 is 3.05 bits per heavy atom. The summed E-state index contributed by atoms with van der Waals surface area (Å²) in [6.07, 6.45) is 8.41. The first-order valence-electron chi connectivity index (χ1n) is 7.48. The summed E-state index contributed by atoms with van der Waals surface area (Å²) in [4.78, 5) is 4.62.